The lowest BCUT2D eigenvalue weighted by atomic mass is 9.73. The van der Waals surface area contributed by atoms with Crippen molar-refractivity contribution in [3.8, 4) is 11.1 Å². The highest BCUT2D eigenvalue weighted by Crippen LogP contribution is 2.37. The van der Waals surface area contributed by atoms with Gasteiger partial charge in [0, 0.05) is 62.5 Å². The zero-order valence-electron chi connectivity index (χ0n) is 18.9. The molecule has 166 valence electrons. The van der Waals surface area contributed by atoms with Crippen LogP contribution in [0.25, 0.3) is 11.1 Å². The number of piperidine rings is 1. The second-order valence-corrected chi connectivity index (χ2v) is 8.61. The molecule has 32 heavy (non-hydrogen) atoms. The van der Waals surface area contributed by atoms with E-state index >= 15 is 0 Å². The molecule has 0 aliphatic carbocycles. The van der Waals surface area contributed by atoms with E-state index in [-0.39, 0.29) is 5.91 Å². The first kappa shape index (κ1) is 22.1. The number of nitrogens with zero attached hydrogens (tertiary/aromatic N) is 4. The molecule has 1 atom stereocenters. The third-order valence-electron chi connectivity index (χ3n) is 6.36. The smallest absolute Gasteiger partial charge is 0.227 e. The molecule has 0 bridgehead atoms. The van der Waals surface area contributed by atoms with Gasteiger partial charge in [-0.1, -0.05) is 37.3 Å². The number of carbonyl (C=O) groups excluding carboxylic acids is 1. The first-order chi connectivity index (χ1) is 15.6. The van der Waals surface area contributed by atoms with E-state index in [0.717, 1.165) is 54.9 Å². The molecule has 0 unspecified atom stereocenters. The zero-order chi connectivity index (χ0) is 22.4. The second kappa shape index (κ2) is 10.0. The molecule has 3 aromatic rings. The quantitative estimate of drug-likeness (QED) is 0.620. The Labute approximate surface area is 190 Å². The van der Waals surface area contributed by atoms with E-state index in [1.807, 2.05) is 30.7 Å². The molecule has 1 aliphatic heterocycles. The Morgan fingerprint density at radius 3 is 2.66 bits per heavy atom. The van der Waals surface area contributed by atoms with Crippen molar-refractivity contribution in [2.75, 3.05) is 20.1 Å². The Morgan fingerprint density at radius 2 is 1.94 bits per heavy atom. The highest BCUT2D eigenvalue weighted by Gasteiger charge is 2.42. The first-order valence-corrected chi connectivity index (χ1v) is 11.4. The highest BCUT2D eigenvalue weighted by atomic mass is 16.2. The largest absolute Gasteiger partial charge is 0.359 e. The van der Waals surface area contributed by atoms with Crippen LogP contribution in [-0.2, 0) is 24.2 Å². The summed E-state index contributed by atoms with van der Waals surface area (Å²) >= 11 is 0. The normalized spacial score (nSPS) is 18.9. The number of pyridine rings is 1. The van der Waals surface area contributed by atoms with Crippen LogP contribution in [0.1, 0.15) is 36.7 Å². The number of aryl methyl sites for hydroxylation is 1. The highest BCUT2D eigenvalue weighted by molar-refractivity contribution is 5.83. The summed E-state index contributed by atoms with van der Waals surface area (Å²) in [4.78, 5) is 28.8. The van der Waals surface area contributed by atoms with Crippen LogP contribution in [0.5, 0.6) is 0 Å². The Morgan fingerprint density at radius 1 is 1.12 bits per heavy atom. The summed E-state index contributed by atoms with van der Waals surface area (Å²) in [5.74, 6) is 0.972. The zero-order valence-corrected chi connectivity index (χ0v) is 18.9. The molecule has 6 nitrogen and oxygen atoms in total. The lowest BCUT2D eigenvalue weighted by Gasteiger charge is -2.42. The van der Waals surface area contributed by atoms with E-state index in [9.17, 15) is 4.79 Å². The molecule has 0 radical (unpaired) electrons. The van der Waals surface area contributed by atoms with Crippen molar-refractivity contribution in [2.45, 2.75) is 39.2 Å². The minimum absolute atomic E-state index is 0.112. The number of rotatable bonds is 7. The van der Waals surface area contributed by atoms with Gasteiger partial charge in [-0.05, 0) is 43.0 Å². The minimum Gasteiger partial charge on any atom is -0.359 e. The predicted octanol–water partition coefficient (Wildman–Crippen LogP) is 3.67. The van der Waals surface area contributed by atoms with Crippen molar-refractivity contribution in [1.82, 2.24) is 25.2 Å². The van der Waals surface area contributed by atoms with Gasteiger partial charge in [0.1, 0.15) is 5.82 Å². The van der Waals surface area contributed by atoms with Gasteiger partial charge in [-0.15, -0.1) is 0 Å². The third-order valence-corrected chi connectivity index (χ3v) is 6.36. The van der Waals surface area contributed by atoms with Gasteiger partial charge in [-0.25, -0.2) is 9.97 Å². The van der Waals surface area contributed by atoms with Gasteiger partial charge >= 0.3 is 0 Å². The number of nitrogens with one attached hydrogen (secondary N) is 1. The van der Waals surface area contributed by atoms with Crippen LogP contribution in [0.15, 0.2) is 61.2 Å². The van der Waals surface area contributed by atoms with Crippen molar-refractivity contribution in [1.29, 1.82) is 0 Å². The van der Waals surface area contributed by atoms with Crippen LogP contribution in [0.3, 0.4) is 0 Å². The molecule has 0 spiro atoms. The van der Waals surface area contributed by atoms with E-state index in [0.29, 0.717) is 13.0 Å². The molecule has 1 saturated heterocycles. The van der Waals surface area contributed by atoms with Crippen molar-refractivity contribution in [3.05, 3.63) is 78.1 Å². The maximum Gasteiger partial charge on any atom is 0.227 e. The maximum atomic E-state index is 13.2. The minimum atomic E-state index is -0.477. The van der Waals surface area contributed by atoms with Gasteiger partial charge < -0.3 is 5.32 Å². The second-order valence-electron chi connectivity index (χ2n) is 8.61. The monoisotopic (exact) mass is 429 g/mol. The van der Waals surface area contributed by atoms with Crippen LogP contribution in [-0.4, -0.2) is 45.9 Å². The standard InChI is InChI=1S/C26H31N5O/c1-3-24-29-15-20(16-30-24)18-31-13-7-11-26(19-31,25(32)27-2)14-21-8-4-5-10-23(21)22-9-6-12-28-17-22/h4-6,8-10,12,15-17H,3,7,11,13-14,18-19H2,1-2H3,(H,27,32)/t26-/m1/s1. The van der Waals surface area contributed by atoms with Crippen LogP contribution in [0, 0.1) is 5.41 Å². The molecule has 1 aromatic carbocycles. The average molecular weight is 430 g/mol. The van der Waals surface area contributed by atoms with Gasteiger partial charge in [-0.3, -0.25) is 14.7 Å². The summed E-state index contributed by atoms with van der Waals surface area (Å²) < 4.78 is 0. The van der Waals surface area contributed by atoms with Crippen molar-refractivity contribution in [2.24, 2.45) is 5.41 Å². The fourth-order valence-corrected chi connectivity index (χ4v) is 4.78. The molecule has 2 aromatic heterocycles. The molecular formula is C26H31N5O. The van der Waals surface area contributed by atoms with Crippen LogP contribution < -0.4 is 5.32 Å². The van der Waals surface area contributed by atoms with Crippen molar-refractivity contribution in [3.63, 3.8) is 0 Å². The average Bonchev–Trinajstić information content (AvgIpc) is 2.85. The van der Waals surface area contributed by atoms with E-state index < -0.39 is 5.41 Å². The van der Waals surface area contributed by atoms with Crippen molar-refractivity contribution >= 4 is 5.91 Å². The molecule has 4 rings (SSSR count). The summed E-state index contributed by atoms with van der Waals surface area (Å²) in [6, 6.07) is 12.4. The molecule has 6 heteroatoms. The van der Waals surface area contributed by atoms with Gasteiger partial charge in [0.15, 0.2) is 0 Å². The lowest BCUT2D eigenvalue weighted by Crippen LogP contribution is -2.52. The molecule has 1 N–H and O–H groups in total. The van der Waals surface area contributed by atoms with Gasteiger partial charge in [0.2, 0.25) is 5.91 Å². The summed E-state index contributed by atoms with van der Waals surface area (Å²) in [5.41, 5.74) is 4.02. The number of hydrogen-bond donors (Lipinski definition) is 1. The number of likely N-dealkylation sites (tertiary alicyclic amines) is 1. The first-order valence-electron chi connectivity index (χ1n) is 11.4. The summed E-state index contributed by atoms with van der Waals surface area (Å²) in [5, 5.41) is 2.95. The van der Waals surface area contributed by atoms with Gasteiger partial charge in [-0.2, -0.15) is 0 Å². The molecule has 1 amide bonds. The third kappa shape index (κ3) is 4.86. The number of benzene rings is 1. The molecule has 1 aliphatic rings. The van der Waals surface area contributed by atoms with Crippen LogP contribution in [0.4, 0.5) is 0 Å². The van der Waals surface area contributed by atoms with Crippen molar-refractivity contribution < 1.29 is 4.79 Å². The number of amides is 1. The Balaban J connectivity index is 1.60. The lowest BCUT2D eigenvalue weighted by molar-refractivity contribution is -0.134. The Kier molecular flexibility index (Phi) is 6.90. The summed E-state index contributed by atoms with van der Waals surface area (Å²) in [6.07, 6.45) is 10.9. The maximum absolute atomic E-state index is 13.2. The number of aromatic nitrogens is 3. The topological polar surface area (TPSA) is 71.0 Å². The Hall–Kier alpha value is -3.12. The van der Waals surface area contributed by atoms with E-state index in [2.05, 4.69) is 56.4 Å². The fourth-order valence-electron chi connectivity index (χ4n) is 4.78. The van der Waals surface area contributed by atoms with E-state index in [1.54, 1.807) is 13.2 Å². The molecule has 1 fully saturated rings. The summed E-state index contributed by atoms with van der Waals surface area (Å²) in [6.45, 7) is 4.50. The molecular weight excluding hydrogens is 398 g/mol. The van der Waals surface area contributed by atoms with Gasteiger partial charge in [0.25, 0.3) is 0 Å². The summed E-state index contributed by atoms with van der Waals surface area (Å²) in [7, 11) is 1.74. The van der Waals surface area contributed by atoms with E-state index in [1.165, 1.54) is 5.56 Å². The van der Waals surface area contributed by atoms with E-state index in [4.69, 9.17) is 0 Å². The Bertz CT molecular complexity index is 1040. The van der Waals surface area contributed by atoms with Crippen LogP contribution in [0.2, 0.25) is 0 Å². The predicted molar refractivity (Wildman–Crippen MR) is 126 cm³/mol. The number of hydrogen-bond acceptors (Lipinski definition) is 5. The molecule has 3 heterocycles. The number of carbonyl (C=O) groups is 1. The SMILES string of the molecule is CCc1ncc(CN2CCC[C@](Cc3ccccc3-c3cccnc3)(C(=O)NC)C2)cn1. The molecule has 0 saturated carbocycles. The van der Waals surface area contributed by atoms with Crippen LogP contribution >= 0.6 is 0 Å². The fraction of sp³-hybridized carbons (Fsp3) is 0.385. The van der Waals surface area contributed by atoms with Gasteiger partial charge in [0.05, 0.1) is 5.41 Å².